The van der Waals surface area contributed by atoms with Gasteiger partial charge in [0.1, 0.15) is 0 Å². The number of unbranched alkanes of at least 4 members (excludes halogenated alkanes) is 15. The topological polar surface area (TPSA) is 18.5 Å². The molecule has 0 fully saturated rings. The van der Waals surface area contributed by atoms with E-state index in [1.165, 1.54) is 103 Å². The van der Waals surface area contributed by atoms with Gasteiger partial charge in [0.05, 0.1) is 36.8 Å². The summed E-state index contributed by atoms with van der Waals surface area (Å²) in [6.45, 7) is 13.8. The Balaban J connectivity index is 0. The van der Waals surface area contributed by atoms with Crippen molar-refractivity contribution in [1.29, 1.82) is 0 Å². The van der Waals surface area contributed by atoms with E-state index in [1.54, 1.807) is 18.4 Å². The molecule has 0 heterocycles. The average Bonchev–Trinajstić information content (AvgIpc) is 2.82. The maximum Gasteiger partial charge on any atom is 0.0897 e. The second-order valence-electron chi connectivity index (χ2n) is 8.33. The van der Waals surface area contributed by atoms with Gasteiger partial charge in [0.25, 0.3) is 0 Å². The Bertz CT molecular complexity index is 374. The Hall–Kier alpha value is -0.440. The summed E-state index contributed by atoms with van der Waals surface area (Å²) in [4.78, 5) is 0. The van der Waals surface area contributed by atoms with Crippen molar-refractivity contribution >= 4 is 23.2 Å². The van der Waals surface area contributed by atoms with Crippen LogP contribution in [-0.2, 0) is 9.47 Å². The van der Waals surface area contributed by atoms with Gasteiger partial charge in [-0.1, -0.05) is 122 Å². The fraction of sp³-hybridized carbons (Fsp3) is 0.786. The molecule has 0 aliphatic heterocycles. The van der Waals surface area contributed by atoms with Crippen LogP contribution >= 0.6 is 23.2 Å². The zero-order valence-electron chi connectivity index (χ0n) is 21.0. The summed E-state index contributed by atoms with van der Waals surface area (Å²) in [6, 6.07) is 0. The molecule has 0 radical (unpaired) electrons. The minimum atomic E-state index is -0.140. The smallest absolute Gasteiger partial charge is 0.0897 e. The summed E-state index contributed by atoms with van der Waals surface area (Å²) in [5, 5.41) is 0. The Morgan fingerprint density at radius 2 is 0.938 bits per heavy atom. The van der Waals surface area contributed by atoms with Crippen LogP contribution < -0.4 is 0 Å². The highest BCUT2D eigenvalue weighted by Crippen LogP contribution is 2.13. The lowest BCUT2D eigenvalue weighted by Crippen LogP contribution is -2.21. The van der Waals surface area contributed by atoms with Crippen molar-refractivity contribution in [3.05, 3.63) is 38.2 Å². The van der Waals surface area contributed by atoms with Crippen molar-refractivity contribution in [2.75, 3.05) is 18.4 Å². The zero-order chi connectivity index (χ0) is 24.1. The van der Waals surface area contributed by atoms with Gasteiger partial charge in [0.2, 0.25) is 0 Å². The number of rotatable bonds is 24. The lowest BCUT2D eigenvalue weighted by atomic mass is 10.0. The van der Waals surface area contributed by atoms with E-state index in [0.29, 0.717) is 11.8 Å². The second kappa shape index (κ2) is 30.6. The summed E-state index contributed by atoms with van der Waals surface area (Å²) in [5.41, 5.74) is 0. The Morgan fingerprint density at radius 1 is 0.594 bits per heavy atom. The van der Waals surface area contributed by atoms with Crippen LogP contribution in [0.2, 0.25) is 0 Å². The van der Waals surface area contributed by atoms with Crippen LogP contribution in [0.3, 0.4) is 0 Å². The van der Waals surface area contributed by atoms with Gasteiger partial charge >= 0.3 is 0 Å². The van der Waals surface area contributed by atoms with Crippen LogP contribution in [0.5, 0.6) is 0 Å². The van der Waals surface area contributed by atoms with Gasteiger partial charge in [-0.15, -0.1) is 36.4 Å². The maximum atomic E-state index is 5.55. The first kappa shape index (κ1) is 33.7. The SMILES string of the molecule is C=CC(CCl)OC(C=C)CCl.C=COCCCCCCCCCCCCCCCCCC. The molecule has 0 saturated carbocycles. The normalized spacial score (nSPS) is 12.3. The highest BCUT2D eigenvalue weighted by atomic mass is 35.5. The van der Waals surface area contributed by atoms with E-state index >= 15 is 0 Å². The molecule has 0 amide bonds. The van der Waals surface area contributed by atoms with Gasteiger partial charge in [0.15, 0.2) is 0 Å². The van der Waals surface area contributed by atoms with Crippen molar-refractivity contribution in [2.24, 2.45) is 0 Å². The molecule has 4 heteroatoms. The van der Waals surface area contributed by atoms with E-state index in [-0.39, 0.29) is 12.2 Å². The summed E-state index contributed by atoms with van der Waals surface area (Å²) in [6.07, 6.45) is 27.2. The molecule has 0 aliphatic carbocycles. The summed E-state index contributed by atoms with van der Waals surface area (Å²) in [5.74, 6) is 0.787. The van der Waals surface area contributed by atoms with Gasteiger partial charge in [-0.2, -0.15) is 0 Å². The molecule has 0 aromatic heterocycles. The summed E-state index contributed by atoms with van der Waals surface area (Å²) >= 11 is 11.1. The molecule has 190 valence electrons. The number of ether oxygens (including phenoxy) is 2. The quantitative estimate of drug-likeness (QED) is 0.0579. The van der Waals surface area contributed by atoms with E-state index in [0.717, 1.165) is 6.61 Å². The molecule has 32 heavy (non-hydrogen) atoms. The molecule has 0 N–H and O–H groups in total. The molecule has 0 aromatic carbocycles. The first-order valence-electron chi connectivity index (χ1n) is 12.9. The maximum absolute atomic E-state index is 5.55. The molecule has 0 spiro atoms. The second-order valence-corrected chi connectivity index (χ2v) is 8.95. The third kappa shape index (κ3) is 27.6. The van der Waals surface area contributed by atoms with Crippen LogP contribution in [0.25, 0.3) is 0 Å². The van der Waals surface area contributed by atoms with Crippen molar-refractivity contribution < 1.29 is 9.47 Å². The molecule has 0 aromatic rings. The van der Waals surface area contributed by atoms with Crippen LogP contribution in [-0.4, -0.2) is 30.6 Å². The highest BCUT2D eigenvalue weighted by molar-refractivity contribution is 6.18. The van der Waals surface area contributed by atoms with E-state index < -0.39 is 0 Å². The lowest BCUT2D eigenvalue weighted by Gasteiger charge is -2.15. The van der Waals surface area contributed by atoms with Crippen molar-refractivity contribution in [3.63, 3.8) is 0 Å². The molecular formula is C28H52Cl2O2. The van der Waals surface area contributed by atoms with Crippen LogP contribution in [0, 0.1) is 0 Å². The Morgan fingerprint density at radius 3 is 1.22 bits per heavy atom. The molecule has 0 saturated heterocycles. The van der Waals surface area contributed by atoms with E-state index in [2.05, 4.69) is 26.7 Å². The number of alkyl halides is 2. The van der Waals surface area contributed by atoms with Gasteiger partial charge < -0.3 is 9.47 Å². The first-order valence-corrected chi connectivity index (χ1v) is 14.0. The lowest BCUT2D eigenvalue weighted by molar-refractivity contribution is 0.0674. The fourth-order valence-corrected chi connectivity index (χ4v) is 3.75. The molecule has 0 rings (SSSR count). The number of halogens is 2. The van der Waals surface area contributed by atoms with Gasteiger partial charge in [-0.05, 0) is 6.42 Å². The van der Waals surface area contributed by atoms with Crippen molar-refractivity contribution in [2.45, 2.75) is 122 Å². The van der Waals surface area contributed by atoms with E-state index in [9.17, 15) is 0 Å². The monoisotopic (exact) mass is 490 g/mol. The Labute approximate surface area is 210 Å². The number of hydrogen-bond donors (Lipinski definition) is 0. The summed E-state index contributed by atoms with van der Waals surface area (Å²) in [7, 11) is 0. The molecule has 2 atom stereocenters. The molecule has 2 unspecified atom stereocenters. The van der Waals surface area contributed by atoms with Gasteiger partial charge in [-0.25, -0.2) is 0 Å². The third-order valence-electron chi connectivity index (χ3n) is 5.41. The molecule has 2 nitrogen and oxygen atoms in total. The molecule has 0 bridgehead atoms. The van der Waals surface area contributed by atoms with Gasteiger partial charge in [0, 0.05) is 0 Å². The minimum absolute atomic E-state index is 0.140. The van der Waals surface area contributed by atoms with E-state index in [1.807, 2.05) is 0 Å². The Kier molecular flexibility index (Phi) is 32.2. The standard InChI is InChI=1S/C20H40O.C8H12Cl2O/c1-3-5-6-7-8-9-10-11-12-13-14-15-16-17-18-19-20-21-4-2;1-3-7(5-9)11-8(4-2)6-10/h4H,2-3,5-20H2,1H3;3-4,7-8H,1-2,5-6H2. The van der Waals surface area contributed by atoms with E-state index in [4.69, 9.17) is 32.7 Å². The minimum Gasteiger partial charge on any atom is -0.502 e. The summed E-state index contributed by atoms with van der Waals surface area (Å²) < 4.78 is 10.5. The highest BCUT2D eigenvalue weighted by Gasteiger charge is 2.08. The molecular weight excluding hydrogens is 439 g/mol. The number of hydrogen-bond acceptors (Lipinski definition) is 2. The zero-order valence-corrected chi connectivity index (χ0v) is 22.5. The van der Waals surface area contributed by atoms with Crippen molar-refractivity contribution in [3.8, 4) is 0 Å². The van der Waals surface area contributed by atoms with Crippen LogP contribution in [0.1, 0.15) is 110 Å². The predicted octanol–water partition coefficient (Wildman–Crippen LogP) is 10.00. The fourth-order valence-electron chi connectivity index (χ4n) is 3.35. The first-order chi connectivity index (χ1) is 15.7. The van der Waals surface area contributed by atoms with Gasteiger partial charge in [-0.3, -0.25) is 0 Å². The molecule has 0 aliphatic rings. The predicted molar refractivity (Wildman–Crippen MR) is 146 cm³/mol. The average molecular weight is 492 g/mol. The van der Waals surface area contributed by atoms with Crippen LogP contribution in [0.4, 0.5) is 0 Å². The largest absolute Gasteiger partial charge is 0.502 e. The van der Waals surface area contributed by atoms with Crippen molar-refractivity contribution in [1.82, 2.24) is 0 Å². The third-order valence-corrected chi connectivity index (χ3v) is 6.02. The van der Waals surface area contributed by atoms with Crippen LogP contribution in [0.15, 0.2) is 38.2 Å².